The number of aryl methyl sites for hydroxylation is 1. The highest BCUT2D eigenvalue weighted by Gasteiger charge is 2.24. The average molecular weight is 278 g/mol. The van der Waals surface area contributed by atoms with Crippen LogP contribution in [0.1, 0.15) is 11.1 Å². The molecule has 2 rings (SSSR count). The van der Waals surface area contributed by atoms with E-state index >= 15 is 0 Å². The van der Waals surface area contributed by atoms with E-state index in [0.29, 0.717) is 19.8 Å². The van der Waals surface area contributed by atoms with E-state index in [1.165, 1.54) is 0 Å². The minimum Gasteiger partial charge on any atom is -0.395 e. The molecule has 110 valence electrons. The number of carbonyl (C=O) groups is 1. The van der Waals surface area contributed by atoms with Crippen LogP contribution in [0.15, 0.2) is 18.2 Å². The first-order chi connectivity index (χ1) is 9.61. The predicted octanol–water partition coefficient (Wildman–Crippen LogP) is 0.935. The van der Waals surface area contributed by atoms with Crippen molar-refractivity contribution in [1.29, 1.82) is 0 Å². The number of nitrogens with one attached hydrogen (secondary N) is 1. The van der Waals surface area contributed by atoms with E-state index in [0.717, 1.165) is 16.8 Å². The van der Waals surface area contributed by atoms with Gasteiger partial charge in [0.25, 0.3) is 0 Å². The Bertz CT molecular complexity index is 476. The second kappa shape index (κ2) is 6.83. The number of rotatable bonds is 4. The zero-order valence-corrected chi connectivity index (χ0v) is 12.1. The minimum atomic E-state index is -0.0897. The summed E-state index contributed by atoms with van der Waals surface area (Å²) in [7, 11) is 0. The number of hydrogen-bond donors (Lipinski definition) is 2. The summed E-state index contributed by atoms with van der Waals surface area (Å²) < 4.78 is 5.30. The van der Waals surface area contributed by atoms with E-state index in [4.69, 9.17) is 4.74 Å². The average Bonchev–Trinajstić information content (AvgIpc) is 2.44. The van der Waals surface area contributed by atoms with Crippen LogP contribution in [0, 0.1) is 13.8 Å². The number of aliphatic hydroxyl groups excluding tert-OH is 1. The molecule has 1 aliphatic rings. The van der Waals surface area contributed by atoms with Crippen molar-refractivity contribution in [3.05, 3.63) is 29.3 Å². The van der Waals surface area contributed by atoms with E-state index in [1.807, 2.05) is 36.9 Å². The molecule has 1 amide bonds. The van der Waals surface area contributed by atoms with Gasteiger partial charge in [-0.2, -0.15) is 0 Å². The quantitative estimate of drug-likeness (QED) is 0.860. The van der Waals surface area contributed by atoms with Crippen molar-refractivity contribution in [3.63, 3.8) is 0 Å². The first kappa shape index (κ1) is 15.0. The smallest absolute Gasteiger partial charge is 0.238 e. The monoisotopic (exact) mass is 278 g/mol. The fourth-order valence-electron chi connectivity index (χ4n) is 2.33. The molecule has 0 bridgehead atoms. The lowest BCUT2D eigenvalue weighted by atomic mass is 10.1. The van der Waals surface area contributed by atoms with Crippen molar-refractivity contribution < 1.29 is 14.6 Å². The zero-order valence-electron chi connectivity index (χ0n) is 12.1. The summed E-state index contributed by atoms with van der Waals surface area (Å²) in [5.41, 5.74) is 3.09. The van der Waals surface area contributed by atoms with Crippen LogP contribution in [-0.4, -0.2) is 54.9 Å². The Hall–Kier alpha value is -1.43. The lowest BCUT2D eigenvalue weighted by molar-refractivity contribution is -0.120. The standard InChI is InChI=1S/C15H22N2O3/c1-11-4-3-5-14(12(11)2)16-15(19)8-17-6-7-20-10-13(17)9-18/h3-5,13,18H,6-10H2,1-2H3,(H,16,19). The number of amides is 1. The number of anilines is 1. The van der Waals surface area contributed by atoms with Crippen LogP contribution in [0.25, 0.3) is 0 Å². The molecule has 1 heterocycles. The number of ether oxygens (including phenoxy) is 1. The molecule has 0 radical (unpaired) electrons. The van der Waals surface area contributed by atoms with Crippen molar-refractivity contribution >= 4 is 11.6 Å². The molecular weight excluding hydrogens is 256 g/mol. The molecule has 5 heteroatoms. The lowest BCUT2D eigenvalue weighted by Crippen LogP contribution is -2.50. The summed E-state index contributed by atoms with van der Waals surface area (Å²) in [5, 5.41) is 12.2. The number of morpholine rings is 1. The molecule has 1 aromatic rings. The van der Waals surface area contributed by atoms with Gasteiger partial charge in [-0.3, -0.25) is 9.69 Å². The molecule has 1 aromatic carbocycles. The van der Waals surface area contributed by atoms with E-state index in [-0.39, 0.29) is 25.1 Å². The van der Waals surface area contributed by atoms with Gasteiger partial charge in [0.2, 0.25) is 5.91 Å². The fraction of sp³-hybridized carbons (Fsp3) is 0.533. The molecule has 5 nitrogen and oxygen atoms in total. The molecule has 1 atom stereocenters. The molecule has 20 heavy (non-hydrogen) atoms. The Morgan fingerprint density at radius 2 is 2.30 bits per heavy atom. The van der Waals surface area contributed by atoms with Gasteiger partial charge in [-0.1, -0.05) is 12.1 Å². The molecule has 0 aliphatic carbocycles. The number of hydrogen-bond acceptors (Lipinski definition) is 4. The minimum absolute atomic E-state index is 0.0107. The highest BCUT2D eigenvalue weighted by molar-refractivity contribution is 5.93. The topological polar surface area (TPSA) is 61.8 Å². The molecular formula is C15H22N2O3. The van der Waals surface area contributed by atoms with Crippen molar-refractivity contribution in [1.82, 2.24) is 4.90 Å². The first-order valence-electron chi connectivity index (χ1n) is 6.90. The van der Waals surface area contributed by atoms with Crippen LogP contribution in [0.4, 0.5) is 5.69 Å². The van der Waals surface area contributed by atoms with Gasteiger partial charge in [0.05, 0.1) is 32.4 Å². The molecule has 1 aliphatic heterocycles. The van der Waals surface area contributed by atoms with Gasteiger partial charge in [-0.05, 0) is 31.0 Å². The van der Waals surface area contributed by atoms with Crippen molar-refractivity contribution in [2.45, 2.75) is 19.9 Å². The largest absolute Gasteiger partial charge is 0.395 e. The van der Waals surface area contributed by atoms with Crippen LogP contribution >= 0.6 is 0 Å². The molecule has 0 spiro atoms. The second-order valence-electron chi connectivity index (χ2n) is 5.18. The van der Waals surface area contributed by atoms with Crippen LogP contribution in [0.2, 0.25) is 0 Å². The predicted molar refractivity (Wildman–Crippen MR) is 77.8 cm³/mol. The summed E-state index contributed by atoms with van der Waals surface area (Å²) in [4.78, 5) is 14.1. The van der Waals surface area contributed by atoms with Crippen molar-refractivity contribution in [2.24, 2.45) is 0 Å². The van der Waals surface area contributed by atoms with Crippen molar-refractivity contribution in [3.8, 4) is 0 Å². The SMILES string of the molecule is Cc1cccc(NC(=O)CN2CCOCC2CO)c1C. The number of aliphatic hydroxyl groups is 1. The fourth-order valence-corrected chi connectivity index (χ4v) is 2.33. The molecule has 1 saturated heterocycles. The normalized spacial score (nSPS) is 19.9. The molecule has 0 saturated carbocycles. The number of benzene rings is 1. The Balaban J connectivity index is 1.96. The van der Waals surface area contributed by atoms with E-state index in [2.05, 4.69) is 5.32 Å². The van der Waals surface area contributed by atoms with Gasteiger partial charge < -0.3 is 15.2 Å². The summed E-state index contributed by atoms with van der Waals surface area (Å²) >= 11 is 0. The molecule has 1 unspecified atom stereocenters. The molecule has 1 fully saturated rings. The Labute approximate surface area is 119 Å². The summed E-state index contributed by atoms with van der Waals surface area (Å²) in [6.45, 7) is 6.07. The third-order valence-corrected chi connectivity index (χ3v) is 3.79. The zero-order chi connectivity index (χ0) is 14.5. The summed E-state index contributed by atoms with van der Waals surface area (Å²) in [5.74, 6) is -0.0564. The Morgan fingerprint density at radius 3 is 3.05 bits per heavy atom. The third-order valence-electron chi connectivity index (χ3n) is 3.79. The lowest BCUT2D eigenvalue weighted by Gasteiger charge is -2.33. The van der Waals surface area contributed by atoms with E-state index in [1.54, 1.807) is 0 Å². The van der Waals surface area contributed by atoms with E-state index < -0.39 is 0 Å². The van der Waals surface area contributed by atoms with Crippen LogP contribution in [-0.2, 0) is 9.53 Å². The Kier molecular flexibility index (Phi) is 5.11. The third kappa shape index (κ3) is 3.56. The van der Waals surface area contributed by atoms with Crippen LogP contribution in [0.3, 0.4) is 0 Å². The maximum absolute atomic E-state index is 12.1. The van der Waals surface area contributed by atoms with Crippen molar-refractivity contribution in [2.75, 3.05) is 38.2 Å². The molecule has 0 aromatic heterocycles. The highest BCUT2D eigenvalue weighted by atomic mass is 16.5. The maximum Gasteiger partial charge on any atom is 0.238 e. The number of nitrogens with zero attached hydrogens (tertiary/aromatic N) is 1. The maximum atomic E-state index is 12.1. The second-order valence-corrected chi connectivity index (χ2v) is 5.18. The van der Waals surface area contributed by atoms with Gasteiger partial charge in [-0.15, -0.1) is 0 Å². The highest BCUT2D eigenvalue weighted by Crippen LogP contribution is 2.18. The van der Waals surface area contributed by atoms with Gasteiger partial charge in [0.15, 0.2) is 0 Å². The van der Waals surface area contributed by atoms with E-state index in [9.17, 15) is 9.90 Å². The Morgan fingerprint density at radius 1 is 1.50 bits per heavy atom. The van der Waals surface area contributed by atoms with Crippen LogP contribution in [0.5, 0.6) is 0 Å². The van der Waals surface area contributed by atoms with Gasteiger partial charge in [0.1, 0.15) is 0 Å². The number of carbonyl (C=O) groups excluding carboxylic acids is 1. The van der Waals surface area contributed by atoms with Gasteiger partial charge in [-0.25, -0.2) is 0 Å². The summed E-state index contributed by atoms with van der Waals surface area (Å²) in [6.07, 6.45) is 0. The summed E-state index contributed by atoms with van der Waals surface area (Å²) in [6, 6.07) is 5.77. The molecule has 2 N–H and O–H groups in total. The van der Waals surface area contributed by atoms with Gasteiger partial charge >= 0.3 is 0 Å². The first-order valence-corrected chi connectivity index (χ1v) is 6.90. The van der Waals surface area contributed by atoms with Gasteiger partial charge in [0, 0.05) is 12.2 Å². The van der Waals surface area contributed by atoms with Crippen LogP contribution < -0.4 is 5.32 Å².